The molecule has 0 fully saturated rings. The molecule has 1 aromatic rings. The second-order valence-electron chi connectivity index (χ2n) is 3.74. The Morgan fingerprint density at radius 2 is 2.29 bits per heavy atom. The van der Waals surface area contributed by atoms with Crippen LogP contribution in [0.1, 0.15) is 30.6 Å². The van der Waals surface area contributed by atoms with E-state index in [4.69, 9.17) is 0 Å². The van der Waals surface area contributed by atoms with E-state index in [-0.39, 0.29) is 0 Å². The van der Waals surface area contributed by atoms with Crippen LogP contribution in [0.25, 0.3) is 0 Å². The van der Waals surface area contributed by atoms with Crippen molar-refractivity contribution in [3.63, 3.8) is 0 Å². The molecule has 0 spiro atoms. The van der Waals surface area contributed by atoms with E-state index in [1.807, 2.05) is 33.2 Å². The summed E-state index contributed by atoms with van der Waals surface area (Å²) in [7, 11) is 1.97. The number of hydrogen-bond acceptors (Lipinski definition) is 2. The molecule has 14 heavy (non-hydrogen) atoms. The highest BCUT2D eigenvalue weighted by Crippen LogP contribution is 2.18. The molecule has 1 rings (SSSR count). The van der Waals surface area contributed by atoms with E-state index in [0.29, 0.717) is 6.04 Å². The Bertz CT molecular complexity index is 301. The van der Waals surface area contributed by atoms with E-state index >= 15 is 0 Å². The van der Waals surface area contributed by atoms with Gasteiger partial charge in [0.1, 0.15) is 0 Å². The van der Waals surface area contributed by atoms with Gasteiger partial charge in [-0.25, -0.2) is 0 Å². The number of pyridine rings is 1. The normalized spacial score (nSPS) is 12.5. The van der Waals surface area contributed by atoms with Crippen LogP contribution in [0.2, 0.25) is 0 Å². The quantitative estimate of drug-likeness (QED) is 0.738. The summed E-state index contributed by atoms with van der Waals surface area (Å²) in [5.74, 6) is 0. The minimum absolute atomic E-state index is 0.334. The van der Waals surface area contributed by atoms with Crippen molar-refractivity contribution in [2.75, 3.05) is 7.05 Å². The zero-order valence-electron chi connectivity index (χ0n) is 9.17. The predicted octanol–water partition coefficient (Wildman–Crippen LogP) is 2.62. The first kappa shape index (κ1) is 10.9. The van der Waals surface area contributed by atoms with Gasteiger partial charge < -0.3 is 5.32 Å². The summed E-state index contributed by atoms with van der Waals surface area (Å²) in [5, 5.41) is 3.27. The minimum Gasteiger partial charge on any atom is -0.313 e. The van der Waals surface area contributed by atoms with Crippen molar-refractivity contribution >= 4 is 0 Å². The van der Waals surface area contributed by atoms with Gasteiger partial charge in [-0.05, 0) is 38.9 Å². The standard InChI is InChI=1S/C12H18N2/c1-9(2)7-12(13-4)11-6-5-10(3)14-8-11/h5-6,8,12-13H,1,7H2,2-4H3. The molecule has 0 radical (unpaired) electrons. The van der Waals surface area contributed by atoms with Gasteiger partial charge >= 0.3 is 0 Å². The maximum atomic E-state index is 4.29. The molecule has 0 aliphatic heterocycles. The smallest absolute Gasteiger partial charge is 0.0372 e. The Labute approximate surface area is 86.1 Å². The number of nitrogens with one attached hydrogen (secondary N) is 1. The predicted molar refractivity (Wildman–Crippen MR) is 60.2 cm³/mol. The molecule has 0 saturated carbocycles. The Morgan fingerprint density at radius 1 is 1.57 bits per heavy atom. The van der Waals surface area contributed by atoms with Gasteiger partial charge in [0, 0.05) is 17.9 Å². The van der Waals surface area contributed by atoms with Crippen LogP contribution in [0.5, 0.6) is 0 Å². The summed E-state index contributed by atoms with van der Waals surface area (Å²) in [6.07, 6.45) is 2.89. The number of nitrogens with zero attached hydrogens (tertiary/aromatic N) is 1. The molecule has 2 nitrogen and oxygen atoms in total. The molecule has 0 bridgehead atoms. The number of aryl methyl sites for hydroxylation is 1. The number of hydrogen-bond donors (Lipinski definition) is 1. The summed E-state index contributed by atoms with van der Waals surface area (Å²) < 4.78 is 0. The molecular formula is C12H18N2. The number of aromatic nitrogens is 1. The lowest BCUT2D eigenvalue weighted by Crippen LogP contribution is -2.16. The van der Waals surface area contributed by atoms with Gasteiger partial charge in [-0.1, -0.05) is 11.6 Å². The molecule has 0 aliphatic carbocycles. The van der Waals surface area contributed by atoms with Gasteiger partial charge in [0.05, 0.1) is 0 Å². The highest BCUT2D eigenvalue weighted by Gasteiger charge is 2.08. The zero-order chi connectivity index (χ0) is 10.6. The third-order valence-electron chi connectivity index (χ3n) is 2.24. The van der Waals surface area contributed by atoms with Crippen LogP contribution in [-0.2, 0) is 0 Å². The van der Waals surface area contributed by atoms with Crippen LogP contribution in [-0.4, -0.2) is 12.0 Å². The Hall–Kier alpha value is -1.15. The van der Waals surface area contributed by atoms with Crippen LogP contribution >= 0.6 is 0 Å². The first-order chi connectivity index (χ1) is 6.63. The van der Waals surface area contributed by atoms with Gasteiger partial charge in [0.15, 0.2) is 0 Å². The third-order valence-corrected chi connectivity index (χ3v) is 2.24. The first-order valence-electron chi connectivity index (χ1n) is 4.87. The summed E-state index contributed by atoms with van der Waals surface area (Å²) in [5.41, 5.74) is 3.46. The van der Waals surface area contributed by atoms with E-state index in [1.54, 1.807) is 0 Å². The topological polar surface area (TPSA) is 24.9 Å². The van der Waals surface area contributed by atoms with E-state index in [0.717, 1.165) is 12.1 Å². The van der Waals surface area contributed by atoms with Crippen LogP contribution < -0.4 is 5.32 Å². The lowest BCUT2D eigenvalue weighted by atomic mass is 10.0. The fourth-order valence-corrected chi connectivity index (χ4v) is 1.42. The molecular weight excluding hydrogens is 172 g/mol. The Balaban J connectivity index is 2.78. The fraction of sp³-hybridized carbons (Fsp3) is 0.417. The molecule has 0 aromatic carbocycles. The molecule has 1 N–H and O–H groups in total. The summed E-state index contributed by atoms with van der Waals surface area (Å²) in [6, 6.07) is 4.49. The summed E-state index contributed by atoms with van der Waals surface area (Å²) >= 11 is 0. The Kier molecular flexibility index (Phi) is 3.84. The van der Waals surface area contributed by atoms with Crippen LogP contribution in [0.3, 0.4) is 0 Å². The summed E-state index contributed by atoms with van der Waals surface area (Å²) in [4.78, 5) is 4.29. The molecule has 1 aromatic heterocycles. The second-order valence-corrected chi connectivity index (χ2v) is 3.74. The molecule has 1 atom stereocenters. The molecule has 0 amide bonds. The maximum Gasteiger partial charge on any atom is 0.0372 e. The maximum absolute atomic E-state index is 4.29. The van der Waals surface area contributed by atoms with E-state index < -0.39 is 0 Å². The minimum atomic E-state index is 0.334. The Morgan fingerprint density at radius 3 is 2.71 bits per heavy atom. The van der Waals surface area contributed by atoms with Crippen molar-refractivity contribution in [1.29, 1.82) is 0 Å². The highest BCUT2D eigenvalue weighted by molar-refractivity contribution is 5.18. The average Bonchev–Trinajstić information content (AvgIpc) is 2.15. The van der Waals surface area contributed by atoms with Gasteiger partial charge in [0.2, 0.25) is 0 Å². The van der Waals surface area contributed by atoms with Crippen molar-refractivity contribution in [3.05, 3.63) is 41.7 Å². The van der Waals surface area contributed by atoms with Gasteiger partial charge in [0.25, 0.3) is 0 Å². The molecule has 1 heterocycles. The molecule has 76 valence electrons. The first-order valence-corrected chi connectivity index (χ1v) is 4.87. The van der Waals surface area contributed by atoms with Crippen molar-refractivity contribution in [3.8, 4) is 0 Å². The largest absolute Gasteiger partial charge is 0.313 e. The molecule has 2 heteroatoms. The van der Waals surface area contributed by atoms with Gasteiger partial charge in [-0.2, -0.15) is 0 Å². The van der Waals surface area contributed by atoms with E-state index in [2.05, 4.69) is 22.9 Å². The van der Waals surface area contributed by atoms with Gasteiger partial charge in [-0.3, -0.25) is 4.98 Å². The van der Waals surface area contributed by atoms with E-state index in [9.17, 15) is 0 Å². The zero-order valence-corrected chi connectivity index (χ0v) is 9.17. The lowest BCUT2D eigenvalue weighted by Gasteiger charge is -2.16. The number of rotatable bonds is 4. The molecule has 0 saturated heterocycles. The van der Waals surface area contributed by atoms with Crippen molar-refractivity contribution < 1.29 is 0 Å². The fourth-order valence-electron chi connectivity index (χ4n) is 1.42. The van der Waals surface area contributed by atoms with Crippen LogP contribution in [0.15, 0.2) is 30.5 Å². The lowest BCUT2D eigenvalue weighted by molar-refractivity contribution is 0.587. The SMILES string of the molecule is C=C(C)CC(NC)c1ccc(C)nc1. The second kappa shape index (κ2) is 4.91. The van der Waals surface area contributed by atoms with E-state index in [1.165, 1.54) is 11.1 Å². The van der Waals surface area contributed by atoms with Crippen LogP contribution in [0, 0.1) is 6.92 Å². The molecule has 1 unspecified atom stereocenters. The van der Waals surface area contributed by atoms with Gasteiger partial charge in [-0.15, -0.1) is 6.58 Å². The average molecular weight is 190 g/mol. The molecule has 0 aliphatic rings. The monoisotopic (exact) mass is 190 g/mol. The van der Waals surface area contributed by atoms with Crippen molar-refractivity contribution in [1.82, 2.24) is 10.3 Å². The highest BCUT2D eigenvalue weighted by atomic mass is 14.9. The summed E-state index contributed by atoms with van der Waals surface area (Å²) in [6.45, 7) is 7.97. The van der Waals surface area contributed by atoms with Crippen LogP contribution in [0.4, 0.5) is 0 Å². The van der Waals surface area contributed by atoms with Crippen molar-refractivity contribution in [2.45, 2.75) is 26.3 Å². The van der Waals surface area contributed by atoms with Crippen molar-refractivity contribution in [2.24, 2.45) is 0 Å². The third kappa shape index (κ3) is 2.96.